The molecule has 1 N–H and O–H groups in total. The van der Waals surface area contributed by atoms with Gasteiger partial charge in [-0.05, 0) is 35.9 Å². The largest absolute Gasteiger partial charge is 0.465 e. The number of ether oxygens (including phenoxy) is 1. The quantitative estimate of drug-likeness (QED) is 0.610. The highest BCUT2D eigenvalue weighted by molar-refractivity contribution is 6.33. The monoisotopic (exact) mass is 386 g/mol. The molecule has 140 valence electrons. The van der Waals surface area contributed by atoms with E-state index in [2.05, 4.69) is 10.1 Å². The Hall–Kier alpha value is -3.12. The lowest BCUT2D eigenvalue weighted by molar-refractivity contribution is -0.129. The van der Waals surface area contributed by atoms with E-state index in [-0.39, 0.29) is 18.4 Å². The van der Waals surface area contributed by atoms with E-state index >= 15 is 0 Å². The van der Waals surface area contributed by atoms with Crippen LogP contribution in [0.2, 0.25) is 5.02 Å². The van der Waals surface area contributed by atoms with Crippen LogP contribution in [0.4, 0.5) is 5.69 Å². The van der Waals surface area contributed by atoms with Crippen molar-refractivity contribution < 1.29 is 19.1 Å². The third-order valence-corrected chi connectivity index (χ3v) is 3.98. The highest BCUT2D eigenvalue weighted by atomic mass is 35.5. The van der Waals surface area contributed by atoms with Gasteiger partial charge in [0.05, 0.1) is 29.9 Å². The molecule has 0 aromatic heterocycles. The van der Waals surface area contributed by atoms with E-state index in [1.807, 2.05) is 0 Å². The summed E-state index contributed by atoms with van der Waals surface area (Å²) in [5.41, 5.74) is 1.66. The Kier molecular flexibility index (Phi) is 7.14. The van der Waals surface area contributed by atoms with E-state index in [9.17, 15) is 14.4 Å². The molecule has 27 heavy (non-hydrogen) atoms. The molecule has 0 aliphatic carbocycles. The molecule has 0 atom stereocenters. The van der Waals surface area contributed by atoms with Gasteiger partial charge in [0.25, 0.3) is 0 Å². The number of carbonyl (C=O) groups is 3. The molecule has 6 nitrogen and oxygen atoms in total. The lowest BCUT2D eigenvalue weighted by Crippen LogP contribution is -2.33. The summed E-state index contributed by atoms with van der Waals surface area (Å²) in [6, 6.07) is 13.5. The van der Waals surface area contributed by atoms with Gasteiger partial charge >= 0.3 is 5.97 Å². The van der Waals surface area contributed by atoms with Crippen molar-refractivity contribution in [2.24, 2.45) is 0 Å². The van der Waals surface area contributed by atoms with Crippen LogP contribution < -0.4 is 5.32 Å². The number of anilines is 1. The van der Waals surface area contributed by atoms with Gasteiger partial charge < -0.3 is 15.0 Å². The number of halogens is 1. The smallest absolute Gasteiger partial charge is 0.337 e. The fourth-order valence-corrected chi connectivity index (χ4v) is 2.37. The number of likely N-dealkylation sites (N-methyl/N-ethyl adjacent to an activating group) is 1. The maximum absolute atomic E-state index is 12.2. The molecule has 2 aromatic rings. The Morgan fingerprint density at radius 3 is 2.41 bits per heavy atom. The van der Waals surface area contributed by atoms with Gasteiger partial charge in [-0.3, -0.25) is 9.59 Å². The number of hydrogen-bond donors (Lipinski definition) is 1. The first kappa shape index (κ1) is 20.2. The average Bonchev–Trinajstić information content (AvgIpc) is 2.67. The van der Waals surface area contributed by atoms with Crippen molar-refractivity contribution in [3.63, 3.8) is 0 Å². The first-order valence-electron chi connectivity index (χ1n) is 8.06. The summed E-state index contributed by atoms with van der Waals surface area (Å²) < 4.78 is 4.63. The normalized spacial score (nSPS) is 10.5. The second-order valence-corrected chi connectivity index (χ2v) is 6.08. The molecule has 0 saturated heterocycles. The molecular weight excluding hydrogens is 368 g/mol. The number of rotatable bonds is 6. The number of nitrogens with zero attached hydrogens (tertiary/aromatic N) is 1. The van der Waals surface area contributed by atoms with Crippen LogP contribution in [0.25, 0.3) is 6.08 Å². The number of para-hydroxylation sites is 1. The first-order chi connectivity index (χ1) is 12.9. The van der Waals surface area contributed by atoms with E-state index in [1.54, 1.807) is 54.6 Å². The van der Waals surface area contributed by atoms with E-state index < -0.39 is 5.97 Å². The van der Waals surface area contributed by atoms with Crippen LogP contribution in [-0.2, 0) is 14.3 Å². The number of hydrogen-bond acceptors (Lipinski definition) is 4. The molecular formula is C20H19ClN2O4. The van der Waals surface area contributed by atoms with E-state index in [1.165, 1.54) is 25.1 Å². The predicted octanol–water partition coefficient (Wildman–Crippen LogP) is 3.24. The van der Waals surface area contributed by atoms with Crippen LogP contribution in [0.15, 0.2) is 54.6 Å². The maximum Gasteiger partial charge on any atom is 0.337 e. The third kappa shape index (κ3) is 5.97. The van der Waals surface area contributed by atoms with Gasteiger partial charge in [0.1, 0.15) is 0 Å². The molecule has 0 radical (unpaired) electrons. The second kappa shape index (κ2) is 9.54. The zero-order valence-corrected chi connectivity index (χ0v) is 15.7. The fraction of sp³-hybridized carbons (Fsp3) is 0.150. The van der Waals surface area contributed by atoms with Crippen LogP contribution in [-0.4, -0.2) is 43.4 Å². The zero-order valence-electron chi connectivity index (χ0n) is 14.9. The van der Waals surface area contributed by atoms with Crippen molar-refractivity contribution in [2.75, 3.05) is 26.0 Å². The van der Waals surface area contributed by atoms with Crippen LogP contribution >= 0.6 is 11.6 Å². The van der Waals surface area contributed by atoms with Crippen molar-refractivity contribution in [3.05, 3.63) is 70.8 Å². The number of carbonyl (C=O) groups excluding carboxylic acids is 3. The number of benzene rings is 2. The minimum atomic E-state index is -0.425. The summed E-state index contributed by atoms with van der Waals surface area (Å²) in [5.74, 6) is -1.11. The highest BCUT2D eigenvalue weighted by Crippen LogP contribution is 2.20. The molecule has 2 rings (SSSR count). The Balaban J connectivity index is 1.91. The summed E-state index contributed by atoms with van der Waals surface area (Å²) >= 11 is 5.99. The lowest BCUT2D eigenvalue weighted by Gasteiger charge is -2.15. The van der Waals surface area contributed by atoms with Crippen LogP contribution in [0.5, 0.6) is 0 Å². The van der Waals surface area contributed by atoms with Gasteiger partial charge in [-0.25, -0.2) is 4.79 Å². The average molecular weight is 387 g/mol. The van der Waals surface area contributed by atoms with Gasteiger partial charge in [-0.15, -0.1) is 0 Å². The highest BCUT2D eigenvalue weighted by Gasteiger charge is 2.12. The third-order valence-electron chi connectivity index (χ3n) is 3.66. The summed E-state index contributed by atoms with van der Waals surface area (Å²) in [5, 5.41) is 3.09. The predicted molar refractivity (Wildman–Crippen MR) is 105 cm³/mol. The maximum atomic E-state index is 12.2. The van der Waals surface area contributed by atoms with Crippen LogP contribution in [0.1, 0.15) is 15.9 Å². The van der Waals surface area contributed by atoms with Crippen LogP contribution in [0, 0.1) is 0 Å². The van der Waals surface area contributed by atoms with Gasteiger partial charge in [-0.1, -0.05) is 35.9 Å². The molecule has 0 aliphatic rings. The SMILES string of the molecule is COC(=O)c1ccc(/C=C/C(=O)N(C)CC(=O)Nc2ccccc2Cl)cc1. The number of esters is 1. The van der Waals surface area contributed by atoms with Crippen molar-refractivity contribution in [1.29, 1.82) is 0 Å². The minimum absolute atomic E-state index is 0.115. The standard InChI is InChI=1S/C20H19ClN2O4/c1-23(13-18(24)22-17-6-4-3-5-16(17)21)19(25)12-9-14-7-10-15(11-8-14)20(26)27-2/h3-12H,13H2,1-2H3,(H,22,24)/b12-9+. The summed E-state index contributed by atoms with van der Waals surface area (Å²) in [4.78, 5) is 36.9. The molecule has 0 fully saturated rings. The topological polar surface area (TPSA) is 75.7 Å². The molecule has 2 amide bonds. The summed E-state index contributed by atoms with van der Waals surface area (Å²) in [6.45, 7) is -0.115. The van der Waals surface area contributed by atoms with E-state index in [0.717, 1.165) is 5.56 Å². The van der Waals surface area contributed by atoms with Crippen LogP contribution in [0.3, 0.4) is 0 Å². The molecule has 0 saturated carbocycles. The van der Waals surface area contributed by atoms with Crippen molar-refractivity contribution >= 4 is 41.1 Å². The number of amides is 2. The number of methoxy groups -OCH3 is 1. The number of nitrogens with one attached hydrogen (secondary N) is 1. The molecule has 0 spiro atoms. The van der Waals surface area contributed by atoms with Gasteiger partial charge in [0.15, 0.2) is 0 Å². The Bertz CT molecular complexity index is 863. The Morgan fingerprint density at radius 1 is 1.11 bits per heavy atom. The molecule has 0 bridgehead atoms. The van der Waals surface area contributed by atoms with E-state index in [0.29, 0.717) is 16.3 Å². The second-order valence-electron chi connectivity index (χ2n) is 5.67. The molecule has 7 heteroatoms. The molecule has 0 unspecified atom stereocenters. The fourth-order valence-electron chi connectivity index (χ4n) is 2.19. The summed E-state index contributed by atoms with van der Waals surface area (Å²) in [7, 11) is 2.84. The summed E-state index contributed by atoms with van der Waals surface area (Å²) in [6.07, 6.45) is 2.96. The molecule has 2 aromatic carbocycles. The zero-order chi connectivity index (χ0) is 19.8. The van der Waals surface area contributed by atoms with Crippen molar-refractivity contribution in [1.82, 2.24) is 4.90 Å². The van der Waals surface area contributed by atoms with Crippen molar-refractivity contribution in [2.45, 2.75) is 0 Å². The molecule has 0 heterocycles. The van der Waals surface area contributed by atoms with Gasteiger partial charge in [-0.2, -0.15) is 0 Å². The Labute approximate surface area is 162 Å². The Morgan fingerprint density at radius 2 is 1.78 bits per heavy atom. The minimum Gasteiger partial charge on any atom is -0.465 e. The first-order valence-corrected chi connectivity index (χ1v) is 8.44. The van der Waals surface area contributed by atoms with Gasteiger partial charge in [0, 0.05) is 13.1 Å². The molecule has 0 aliphatic heterocycles. The lowest BCUT2D eigenvalue weighted by atomic mass is 10.1. The van der Waals surface area contributed by atoms with Crippen molar-refractivity contribution in [3.8, 4) is 0 Å². The van der Waals surface area contributed by atoms with E-state index in [4.69, 9.17) is 11.6 Å². The van der Waals surface area contributed by atoms with Gasteiger partial charge in [0.2, 0.25) is 11.8 Å².